The molecule has 3 N–H and O–H groups in total. The molecule has 1 aromatic heterocycles. The van der Waals surface area contributed by atoms with Gasteiger partial charge in [0.05, 0.1) is 23.8 Å². The molecule has 0 atom stereocenters. The minimum atomic E-state index is -0.850. The Morgan fingerprint density at radius 2 is 1.68 bits per heavy atom. The van der Waals surface area contributed by atoms with Crippen LogP contribution in [0.4, 0.5) is 5.00 Å². The molecule has 25 heavy (non-hydrogen) atoms. The number of ether oxygens (including phenoxy) is 2. The highest BCUT2D eigenvalue weighted by molar-refractivity contribution is 7.14. The van der Waals surface area contributed by atoms with Gasteiger partial charge in [-0.15, -0.1) is 11.3 Å². The van der Waals surface area contributed by atoms with E-state index in [-0.39, 0.29) is 21.7 Å². The molecule has 0 fully saturated rings. The molecule has 0 aliphatic carbocycles. The zero-order valence-electron chi connectivity index (χ0n) is 13.1. The number of nitrogens with one attached hydrogen (secondary N) is 1. The fourth-order valence-corrected chi connectivity index (χ4v) is 2.73. The van der Waals surface area contributed by atoms with Crippen LogP contribution in [0.15, 0.2) is 35.7 Å². The SMILES string of the molecule is COC(=O)c1ccccc1C(=O)OCC(=O)Nc1sccc1C(N)=O. The Balaban J connectivity index is 2.01. The fraction of sp³-hybridized carbons (Fsp3) is 0.125. The monoisotopic (exact) mass is 362 g/mol. The van der Waals surface area contributed by atoms with Crippen LogP contribution < -0.4 is 11.1 Å². The number of primary amides is 1. The van der Waals surface area contributed by atoms with Gasteiger partial charge in [0, 0.05) is 0 Å². The van der Waals surface area contributed by atoms with Gasteiger partial charge in [0.1, 0.15) is 5.00 Å². The summed E-state index contributed by atoms with van der Waals surface area (Å²) in [6.45, 7) is -0.593. The molecule has 2 aromatic rings. The van der Waals surface area contributed by atoms with E-state index in [1.54, 1.807) is 17.5 Å². The Bertz CT molecular complexity index is 830. The molecule has 9 heteroatoms. The minimum Gasteiger partial charge on any atom is -0.465 e. The van der Waals surface area contributed by atoms with Gasteiger partial charge in [0.15, 0.2) is 6.61 Å². The van der Waals surface area contributed by atoms with Crippen LogP contribution in [-0.2, 0) is 14.3 Å². The number of thiophene rings is 1. The molecule has 0 aliphatic heterocycles. The second kappa shape index (κ2) is 8.06. The fourth-order valence-electron chi connectivity index (χ4n) is 1.92. The van der Waals surface area contributed by atoms with Gasteiger partial charge in [-0.3, -0.25) is 9.59 Å². The number of hydrogen-bond acceptors (Lipinski definition) is 7. The molecule has 1 aromatic carbocycles. The lowest BCUT2D eigenvalue weighted by molar-refractivity contribution is -0.119. The van der Waals surface area contributed by atoms with Crippen molar-refractivity contribution in [1.82, 2.24) is 0 Å². The number of methoxy groups -OCH3 is 1. The summed E-state index contributed by atoms with van der Waals surface area (Å²) in [5, 5.41) is 4.30. The lowest BCUT2D eigenvalue weighted by Gasteiger charge is -2.08. The third kappa shape index (κ3) is 4.42. The lowest BCUT2D eigenvalue weighted by atomic mass is 10.1. The Morgan fingerprint density at radius 1 is 1.04 bits per heavy atom. The predicted molar refractivity (Wildman–Crippen MR) is 89.5 cm³/mol. The van der Waals surface area contributed by atoms with E-state index in [0.717, 1.165) is 11.3 Å². The maximum Gasteiger partial charge on any atom is 0.339 e. The summed E-state index contributed by atoms with van der Waals surface area (Å²) in [7, 11) is 1.19. The van der Waals surface area contributed by atoms with Crippen molar-refractivity contribution in [3.63, 3.8) is 0 Å². The average molecular weight is 362 g/mol. The molecular formula is C16H14N2O6S. The van der Waals surface area contributed by atoms with Gasteiger partial charge in [-0.25, -0.2) is 9.59 Å². The van der Waals surface area contributed by atoms with Crippen molar-refractivity contribution in [2.45, 2.75) is 0 Å². The Labute approximate surface area is 146 Å². The summed E-state index contributed by atoms with van der Waals surface area (Å²) in [5.41, 5.74) is 5.36. The molecule has 0 aliphatic rings. The van der Waals surface area contributed by atoms with Crippen molar-refractivity contribution in [2.24, 2.45) is 5.73 Å². The van der Waals surface area contributed by atoms with E-state index < -0.39 is 30.4 Å². The van der Waals surface area contributed by atoms with Crippen LogP contribution in [0.2, 0.25) is 0 Å². The summed E-state index contributed by atoms with van der Waals surface area (Å²) in [6.07, 6.45) is 0. The van der Waals surface area contributed by atoms with Crippen molar-refractivity contribution < 1.29 is 28.7 Å². The topological polar surface area (TPSA) is 125 Å². The number of amides is 2. The van der Waals surface area contributed by atoms with E-state index in [2.05, 4.69) is 10.1 Å². The molecule has 2 amide bonds. The number of anilines is 1. The molecule has 1 heterocycles. The molecule has 2 rings (SSSR count). The van der Waals surface area contributed by atoms with Gasteiger partial charge in [0.25, 0.3) is 11.8 Å². The van der Waals surface area contributed by atoms with Crippen LogP contribution in [0.1, 0.15) is 31.1 Å². The van der Waals surface area contributed by atoms with Crippen LogP contribution in [0.5, 0.6) is 0 Å². The first-order chi connectivity index (χ1) is 11.9. The number of nitrogens with two attached hydrogens (primary N) is 1. The minimum absolute atomic E-state index is 0.0175. The summed E-state index contributed by atoms with van der Waals surface area (Å²) < 4.78 is 9.49. The zero-order chi connectivity index (χ0) is 18.4. The van der Waals surface area contributed by atoms with E-state index in [9.17, 15) is 19.2 Å². The van der Waals surface area contributed by atoms with E-state index in [1.165, 1.54) is 25.3 Å². The second-order valence-corrected chi connectivity index (χ2v) is 5.61. The maximum atomic E-state index is 12.1. The molecule has 8 nitrogen and oxygen atoms in total. The number of hydrogen-bond donors (Lipinski definition) is 2. The molecule has 130 valence electrons. The average Bonchev–Trinajstić information content (AvgIpc) is 3.07. The Hall–Kier alpha value is -3.20. The van der Waals surface area contributed by atoms with Crippen LogP contribution in [0, 0.1) is 0 Å². The van der Waals surface area contributed by atoms with Crippen molar-refractivity contribution in [1.29, 1.82) is 0 Å². The number of carbonyl (C=O) groups is 4. The van der Waals surface area contributed by atoms with Crippen LogP contribution in [0.3, 0.4) is 0 Å². The number of rotatable bonds is 6. The summed E-state index contributed by atoms with van der Waals surface area (Å²) in [6, 6.07) is 7.39. The standard InChI is InChI=1S/C16H14N2O6S/c1-23-15(21)9-4-2-3-5-10(9)16(22)24-8-12(19)18-14-11(13(17)20)6-7-25-14/h2-7H,8H2,1H3,(H2,17,20)(H,18,19). The molecule has 0 saturated heterocycles. The first-order valence-corrected chi connectivity index (χ1v) is 7.83. The third-order valence-corrected chi connectivity index (χ3v) is 3.90. The highest BCUT2D eigenvalue weighted by Crippen LogP contribution is 2.22. The zero-order valence-corrected chi connectivity index (χ0v) is 13.9. The quantitative estimate of drug-likeness (QED) is 0.749. The summed E-state index contributed by atoms with van der Waals surface area (Å²) in [5.74, 6) is -2.87. The second-order valence-electron chi connectivity index (χ2n) is 4.69. The van der Waals surface area contributed by atoms with Crippen molar-refractivity contribution in [2.75, 3.05) is 19.0 Å². The third-order valence-electron chi connectivity index (χ3n) is 3.07. The van der Waals surface area contributed by atoms with Gasteiger partial charge < -0.3 is 20.5 Å². The number of benzene rings is 1. The van der Waals surface area contributed by atoms with E-state index >= 15 is 0 Å². The molecule has 0 spiro atoms. The van der Waals surface area contributed by atoms with Crippen LogP contribution in [-0.4, -0.2) is 37.5 Å². The molecular weight excluding hydrogens is 348 g/mol. The van der Waals surface area contributed by atoms with Gasteiger partial charge in [-0.05, 0) is 23.6 Å². The van der Waals surface area contributed by atoms with E-state index in [4.69, 9.17) is 10.5 Å². The lowest BCUT2D eigenvalue weighted by Crippen LogP contribution is -2.23. The number of esters is 2. The first-order valence-electron chi connectivity index (χ1n) is 6.95. The van der Waals surface area contributed by atoms with Gasteiger partial charge >= 0.3 is 11.9 Å². The number of carbonyl (C=O) groups excluding carboxylic acids is 4. The van der Waals surface area contributed by atoms with Crippen molar-refractivity contribution >= 4 is 40.1 Å². The Morgan fingerprint density at radius 3 is 2.28 bits per heavy atom. The van der Waals surface area contributed by atoms with Crippen LogP contribution in [0.25, 0.3) is 0 Å². The molecule has 0 bridgehead atoms. The predicted octanol–water partition coefficient (Wildman–Crippen LogP) is 1.43. The smallest absolute Gasteiger partial charge is 0.339 e. The highest BCUT2D eigenvalue weighted by Gasteiger charge is 2.19. The summed E-state index contributed by atoms with van der Waals surface area (Å²) >= 11 is 1.11. The molecule has 0 radical (unpaired) electrons. The first kappa shape index (κ1) is 18.1. The van der Waals surface area contributed by atoms with Gasteiger partial charge in [-0.2, -0.15) is 0 Å². The van der Waals surface area contributed by atoms with Gasteiger partial charge in [0.2, 0.25) is 0 Å². The van der Waals surface area contributed by atoms with Crippen molar-refractivity contribution in [3.8, 4) is 0 Å². The summed E-state index contributed by atoms with van der Waals surface area (Å²) in [4.78, 5) is 46.8. The van der Waals surface area contributed by atoms with E-state index in [1.807, 2.05) is 0 Å². The highest BCUT2D eigenvalue weighted by atomic mass is 32.1. The van der Waals surface area contributed by atoms with E-state index in [0.29, 0.717) is 0 Å². The molecule has 0 unspecified atom stereocenters. The van der Waals surface area contributed by atoms with Crippen LogP contribution >= 0.6 is 11.3 Å². The normalized spacial score (nSPS) is 9.96. The molecule has 0 saturated carbocycles. The Kier molecular flexibility index (Phi) is 5.85. The largest absolute Gasteiger partial charge is 0.465 e. The van der Waals surface area contributed by atoms with Gasteiger partial charge in [-0.1, -0.05) is 12.1 Å². The van der Waals surface area contributed by atoms with Crippen molar-refractivity contribution in [3.05, 3.63) is 52.4 Å². The maximum absolute atomic E-state index is 12.1.